The van der Waals surface area contributed by atoms with Gasteiger partial charge in [0.1, 0.15) is 0 Å². The second-order valence-electron chi connectivity index (χ2n) is 7.89. The molecule has 3 rings (SSSR count). The Morgan fingerprint density at radius 2 is 2.00 bits per heavy atom. The largest absolute Gasteiger partial charge is 0.493 e. The van der Waals surface area contributed by atoms with Crippen LogP contribution in [0.4, 0.5) is 5.69 Å². The van der Waals surface area contributed by atoms with Crippen molar-refractivity contribution in [1.29, 1.82) is 0 Å². The number of nitrogens with one attached hydrogen (secondary N) is 1. The molecule has 1 saturated carbocycles. The van der Waals surface area contributed by atoms with Crippen LogP contribution in [0, 0.1) is 11.8 Å². The maximum atomic E-state index is 12.8. The molecule has 2 aliphatic rings. The number of ether oxygens (including phenoxy) is 2. The molecule has 6 nitrogen and oxygen atoms in total. The third kappa shape index (κ3) is 4.42. The zero-order chi connectivity index (χ0) is 20.1. The second kappa shape index (κ2) is 9.30. The Morgan fingerprint density at radius 1 is 1.21 bits per heavy atom. The van der Waals surface area contributed by atoms with Gasteiger partial charge < -0.3 is 19.7 Å². The summed E-state index contributed by atoms with van der Waals surface area (Å²) in [6.07, 6.45) is 7.28. The number of nitrogens with zero attached hydrogens (tertiary/aromatic N) is 1. The molecule has 1 aromatic carbocycles. The third-order valence-electron chi connectivity index (χ3n) is 6.09. The van der Waals surface area contributed by atoms with Crippen LogP contribution < -0.4 is 19.7 Å². The van der Waals surface area contributed by atoms with E-state index in [0.29, 0.717) is 24.0 Å². The summed E-state index contributed by atoms with van der Waals surface area (Å²) in [6.45, 7) is 2.61. The van der Waals surface area contributed by atoms with E-state index in [1.54, 1.807) is 31.3 Å². The van der Waals surface area contributed by atoms with Gasteiger partial charge in [0.15, 0.2) is 11.5 Å². The normalized spacial score (nSPS) is 24.5. The zero-order valence-corrected chi connectivity index (χ0v) is 17.2. The van der Waals surface area contributed by atoms with Gasteiger partial charge in [-0.1, -0.05) is 26.2 Å². The van der Waals surface area contributed by atoms with Crippen molar-refractivity contribution in [2.75, 3.05) is 25.7 Å². The Bertz CT molecular complexity index is 706. The molecule has 1 aromatic rings. The van der Waals surface area contributed by atoms with Crippen LogP contribution in [0.25, 0.3) is 0 Å². The molecular weight excluding hydrogens is 356 g/mol. The number of hydrogen-bond acceptors (Lipinski definition) is 4. The highest BCUT2D eigenvalue weighted by Gasteiger charge is 2.37. The molecule has 154 valence electrons. The predicted octanol–water partition coefficient (Wildman–Crippen LogP) is 3.53. The van der Waals surface area contributed by atoms with Crippen LogP contribution in [0.5, 0.6) is 11.5 Å². The maximum absolute atomic E-state index is 12.8. The van der Waals surface area contributed by atoms with E-state index in [-0.39, 0.29) is 30.2 Å². The minimum atomic E-state index is -0.298. The van der Waals surface area contributed by atoms with Crippen LogP contribution >= 0.6 is 0 Å². The summed E-state index contributed by atoms with van der Waals surface area (Å²) >= 11 is 0. The first-order valence-electron chi connectivity index (χ1n) is 10.4. The number of anilines is 1. The summed E-state index contributed by atoms with van der Waals surface area (Å²) in [5.41, 5.74) is 0.736. The highest BCUT2D eigenvalue weighted by atomic mass is 16.5. The summed E-state index contributed by atoms with van der Waals surface area (Å²) in [5.74, 6) is 1.47. The monoisotopic (exact) mass is 388 g/mol. The Morgan fingerprint density at radius 3 is 2.71 bits per heavy atom. The Hall–Kier alpha value is -2.24. The van der Waals surface area contributed by atoms with Gasteiger partial charge in [0.2, 0.25) is 11.8 Å². The second-order valence-corrected chi connectivity index (χ2v) is 7.89. The molecule has 0 aromatic heterocycles. The minimum absolute atomic E-state index is 0.0183. The van der Waals surface area contributed by atoms with Gasteiger partial charge in [-0.3, -0.25) is 9.59 Å². The van der Waals surface area contributed by atoms with Gasteiger partial charge in [-0.25, -0.2) is 0 Å². The standard InChI is InChI=1S/C22H32N2O4/c1-4-5-7-15-8-6-9-18(15)23-22(26)16-12-21(25)24(14-16)17-10-11-19(27-2)20(13-17)28-3/h10-11,13,15-16,18H,4-9,12,14H2,1-3H3,(H,23,26). The lowest BCUT2D eigenvalue weighted by Gasteiger charge is -2.23. The number of rotatable bonds is 8. The smallest absolute Gasteiger partial charge is 0.227 e. The Balaban J connectivity index is 1.63. The van der Waals surface area contributed by atoms with Crippen molar-refractivity contribution in [3.8, 4) is 11.5 Å². The number of hydrogen-bond donors (Lipinski definition) is 1. The first kappa shape index (κ1) is 20.5. The number of unbranched alkanes of at least 4 members (excludes halogenated alkanes) is 1. The number of carbonyl (C=O) groups is 2. The molecule has 2 fully saturated rings. The first-order valence-corrected chi connectivity index (χ1v) is 10.4. The molecule has 28 heavy (non-hydrogen) atoms. The van der Waals surface area contributed by atoms with E-state index in [4.69, 9.17) is 9.47 Å². The lowest BCUT2D eigenvalue weighted by Crippen LogP contribution is -2.41. The van der Waals surface area contributed by atoms with Crippen LogP contribution in [-0.2, 0) is 9.59 Å². The molecular formula is C22H32N2O4. The van der Waals surface area contributed by atoms with Crippen molar-refractivity contribution in [2.45, 2.75) is 57.9 Å². The van der Waals surface area contributed by atoms with Crippen LogP contribution in [0.15, 0.2) is 18.2 Å². The van der Waals surface area contributed by atoms with Crippen molar-refractivity contribution in [3.05, 3.63) is 18.2 Å². The van der Waals surface area contributed by atoms with Crippen molar-refractivity contribution >= 4 is 17.5 Å². The van der Waals surface area contributed by atoms with Crippen LogP contribution in [0.1, 0.15) is 51.9 Å². The molecule has 2 amide bonds. The van der Waals surface area contributed by atoms with E-state index in [2.05, 4.69) is 12.2 Å². The van der Waals surface area contributed by atoms with Gasteiger partial charge in [0.25, 0.3) is 0 Å². The van der Waals surface area contributed by atoms with Gasteiger partial charge in [-0.2, -0.15) is 0 Å². The van der Waals surface area contributed by atoms with Gasteiger partial charge in [-0.05, 0) is 37.3 Å². The van der Waals surface area contributed by atoms with E-state index >= 15 is 0 Å². The van der Waals surface area contributed by atoms with E-state index in [1.165, 1.54) is 32.1 Å². The van der Waals surface area contributed by atoms with E-state index in [0.717, 1.165) is 12.1 Å². The summed E-state index contributed by atoms with van der Waals surface area (Å²) in [5, 5.41) is 3.25. The summed E-state index contributed by atoms with van der Waals surface area (Å²) in [4.78, 5) is 27.1. The van der Waals surface area contributed by atoms with Crippen molar-refractivity contribution in [3.63, 3.8) is 0 Å². The molecule has 0 radical (unpaired) electrons. The summed E-state index contributed by atoms with van der Waals surface area (Å²) < 4.78 is 10.6. The topological polar surface area (TPSA) is 67.9 Å². The van der Waals surface area contributed by atoms with Crippen molar-refractivity contribution in [1.82, 2.24) is 5.32 Å². The number of benzene rings is 1. The van der Waals surface area contributed by atoms with Crippen LogP contribution in [0.3, 0.4) is 0 Å². The van der Waals surface area contributed by atoms with Crippen molar-refractivity contribution < 1.29 is 19.1 Å². The average Bonchev–Trinajstić information content (AvgIpc) is 3.32. The number of methoxy groups -OCH3 is 2. The third-order valence-corrected chi connectivity index (χ3v) is 6.09. The molecule has 6 heteroatoms. The van der Waals surface area contributed by atoms with E-state index in [1.807, 2.05) is 6.07 Å². The van der Waals surface area contributed by atoms with Crippen LogP contribution in [-0.4, -0.2) is 38.6 Å². The quantitative estimate of drug-likeness (QED) is 0.740. The fourth-order valence-corrected chi connectivity index (χ4v) is 4.46. The first-order chi connectivity index (χ1) is 13.6. The minimum Gasteiger partial charge on any atom is -0.493 e. The molecule has 1 aliphatic heterocycles. The zero-order valence-electron chi connectivity index (χ0n) is 17.2. The Labute approximate surface area is 167 Å². The van der Waals surface area contributed by atoms with Gasteiger partial charge >= 0.3 is 0 Å². The highest BCUT2D eigenvalue weighted by Crippen LogP contribution is 2.35. The van der Waals surface area contributed by atoms with Gasteiger partial charge in [0, 0.05) is 30.8 Å². The summed E-state index contributed by atoms with van der Waals surface area (Å²) in [7, 11) is 3.15. The molecule has 1 N–H and O–H groups in total. The number of carbonyl (C=O) groups excluding carboxylic acids is 2. The molecule has 3 unspecified atom stereocenters. The van der Waals surface area contributed by atoms with E-state index < -0.39 is 0 Å². The molecule has 1 heterocycles. The fraction of sp³-hybridized carbons (Fsp3) is 0.636. The van der Waals surface area contributed by atoms with E-state index in [9.17, 15) is 9.59 Å². The fourth-order valence-electron chi connectivity index (χ4n) is 4.46. The van der Waals surface area contributed by atoms with Gasteiger partial charge in [-0.15, -0.1) is 0 Å². The highest BCUT2D eigenvalue weighted by molar-refractivity contribution is 6.00. The van der Waals surface area contributed by atoms with Crippen molar-refractivity contribution in [2.24, 2.45) is 11.8 Å². The molecule has 1 saturated heterocycles. The molecule has 0 bridgehead atoms. The van der Waals surface area contributed by atoms with Gasteiger partial charge in [0.05, 0.1) is 20.1 Å². The molecule has 3 atom stereocenters. The predicted molar refractivity (Wildman–Crippen MR) is 109 cm³/mol. The molecule has 1 aliphatic carbocycles. The molecule has 0 spiro atoms. The lowest BCUT2D eigenvalue weighted by atomic mass is 9.96. The number of amides is 2. The summed E-state index contributed by atoms with van der Waals surface area (Å²) in [6, 6.07) is 5.67. The Kier molecular flexibility index (Phi) is 6.81. The SMILES string of the molecule is CCCCC1CCCC1NC(=O)C1CC(=O)N(c2ccc(OC)c(OC)c2)C1. The lowest BCUT2D eigenvalue weighted by molar-refractivity contribution is -0.127. The average molecular weight is 389 g/mol. The maximum Gasteiger partial charge on any atom is 0.227 e. The van der Waals surface area contributed by atoms with Crippen LogP contribution in [0.2, 0.25) is 0 Å².